The van der Waals surface area contributed by atoms with Crippen LogP contribution in [0.5, 0.6) is 5.75 Å². The van der Waals surface area contributed by atoms with Crippen LogP contribution in [0, 0.1) is 11.7 Å². The fraction of sp³-hybridized carbons (Fsp3) is 0.400. The molecule has 100 valence electrons. The molecule has 0 atom stereocenters. The van der Waals surface area contributed by atoms with Gasteiger partial charge < -0.3 is 9.64 Å². The number of amides is 1. The van der Waals surface area contributed by atoms with Gasteiger partial charge in [0.25, 0.3) is 0 Å². The van der Waals surface area contributed by atoms with Crippen molar-refractivity contribution < 1.29 is 13.9 Å². The van der Waals surface area contributed by atoms with Crippen molar-refractivity contribution in [3.05, 3.63) is 42.2 Å². The van der Waals surface area contributed by atoms with Crippen LogP contribution in [-0.4, -0.2) is 30.0 Å². The highest BCUT2D eigenvalue weighted by Crippen LogP contribution is 2.25. The van der Waals surface area contributed by atoms with Crippen molar-refractivity contribution in [1.29, 1.82) is 0 Å². The zero-order chi connectivity index (χ0) is 13.2. The van der Waals surface area contributed by atoms with Crippen LogP contribution in [0.25, 0.3) is 0 Å². The third-order valence-electron chi connectivity index (χ3n) is 3.63. The average molecular weight is 261 g/mol. The van der Waals surface area contributed by atoms with Gasteiger partial charge >= 0.3 is 0 Å². The van der Waals surface area contributed by atoms with Gasteiger partial charge in [-0.2, -0.15) is 0 Å². The fourth-order valence-electron chi connectivity index (χ4n) is 2.48. The Morgan fingerprint density at radius 2 is 1.79 bits per heavy atom. The highest BCUT2D eigenvalue weighted by Gasteiger charge is 2.35. The Hall–Kier alpha value is -1.84. The maximum absolute atomic E-state index is 12.7. The second-order valence-electron chi connectivity index (χ2n) is 5.08. The summed E-state index contributed by atoms with van der Waals surface area (Å²) in [5.74, 6) is 0.739. The zero-order valence-electron chi connectivity index (χ0n) is 10.6. The molecule has 1 fully saturated rings. The van der Waals surface area contributed by atoms with E-state index in [1.54, 1.807) is 12.1 Å². The van der Waals surface area contributed by atoms with Gasteiger partial charge in [0.2, 0.25) is 5.91 Å². The molecule has 1 heterocycles. The van der Waals surface area contributed by atoms with E-state index >= 15 is 0 Å². The van der Waals surface area contributed by atoms with Crippen molar-refractivity contribution in [3.63, 3.8) is 0 Å². The maximum atomic E-state index is 12.7. The predicted octanol–water partition coefficient (Wildman–Crippen LogP) is 2.38. The summed E-state index contributed by atoms with van der Waals surface area (Å²) in [5, 5.41) is 0. The predicted molar refractivity (Wildman–Crippen MR) is 69.3 cm³/mol. The molecule has 0 saturated carbocycles. The van der Waals surface area contributed by atoms with E-state index in [9.17, 15) is 9.18 Å². The Bertz CT molecular complexity index is 483. The lowest BCUT2D eigenvalue weighted by atomic mass is 10.0. The Labute approximate surface area is 111 Å². The SMILES string of the molecule is O=C(C1CC=CC1)N1CC(Oc2ccc(F)cc2)C1. The van der Waals surface area contributed by atoms with Crippen LogP contribution in [-0.2, 0) is 4.79 Å². The van der Waals surface area contributed by atoms with E-state index in [-0.39, 0.29) is 23.7 Å². The second kappa shape index (κ2) is 5.03. The minimum atomic E-state index is -0.272. The van der Waals surface area contributed by atoms with Crippen molar-refractivity contribution in [2.75, 3.05) is 13.1 Å². The molecule has 0 N–H and O–H groups in total. The van der Waals surface area contributed by atoms with Gasteiger partial charge in [0.15, 0.2) is 0 Å². The van der Waals surface area contributed by atoms with Gasteiger partial charge in [-0.05, 0) is 37.1 Å². The number of allylic oxidation sites excluding steroid dienone is 2. The van der Waals surface area contributed by atoms with Gasteiger partial charge in [-0.1, -0.05) is 12.2 Å². The molecule has 1 aromatic rings. The molecule has 1 aromatic carbocycles. The van der Waals surface area contributed by atoms with Crippen LogP contribution in [0.1, 0.15) is 12.8 Å². The number of halogens is 1. The smallest absolute Gasteiger partial charge is 0.226 e. The first-order chi connectivity index (χ1) is 9.22. The molecule has 3 nitrogen and oxygen atoms in total. The average Bonchev–Trinajstić information content (AvgIpc) is 2.88. The topological polar surface area (TPSA) is 29.5 Å². The molecule has 1 aliphatic carbocycles. The van der Waals surface area contributed by atoms with Crippen molar-refractivity contribution in [2.45, 2.75) is 18.9 Å². The van der Waals surface area contributed by atoms with Crippen molar-refractivity contribution in [2.24, 2.45) is 5.92 Å². The van der Waals surface area contributed by atoms with E-state index in [1.807, 2.05) is 4.90 Å². The van der Waals surface area contributed by atoms with E-state index in [4.69, 9.17) is 4.74 Å². The van der Waals surface area contributed by atoms with Crippen LogP contribution >= 0.6 is 0 Å². The molecule has 1 aliphatic heterocycles. The van der Waals surface area contributed by atoms with Crippen molar-refractivity contribution in [3.8, 4) is 5.75 Å². The summed E-state index contributed by atoms with van der Waals surface area (Å²) in [6.07, 6.45) is 5.88. The highest BCUT2D eigenvalue weighted by molar-refractivity contribution is 5.80. The molecule has 4 heteroatoms. The first-order valence-corrected chi connectivity index (χ1v) is 6.58. The van der Waals surface area contributed by atoms with Crippen LogP contribution in [0.3, 0.4) is 0 Å². The molecule has 1 saturated heterocycles. The molecular weight excluding hydrogens is 245 g/mol. The first kappa shape index (κ1) is 12.2. The molecule has 3 rings (SSSR count). The lowest BCUT2D eigenvalue weighted by molar-refractivity contribution is -0.144. The third-order valence-corrected chi connectivity index (χ3v) is 3.63. The van der Waals surface area contributed by atoms with Gasteiger partial charge in [-0.3, -0.25) is 4.79 Å². The normalized spacial score (nSPS) is 19.5. The number of benzene rings is 1. The van der Waals surface area contributed by atoms with Crippen LogP contribution < -0.4 is 4.74 Å². The number of ether oxygens (including phenoxy) is 1. The molecule has 0 radical (unpaired) electrons. The number of rotatable bonds is 3. The van der Waals surface area contributed by atoms with Gasteiger partial charge in [-0.15, -0.1) is 0 Å². The summed E-state index contributed by atoms with van der Waals surface area (Å²) in [6, 6.07) is 5.98. The highest BCUT2D eigenvalue weighted by atomic mass is 19.1. The Balaban J connectivity index is 1.47. The van der Waals surface area contributed by atoms with Gasteiger partial charge in [0, 0.05) is 5.92 Å². The van der Waals surface area contributed by atoms with Gasteiger partial charge in [0.05, 0.1) is 13.1 Å². The number of hydrogen-bond acceptors (Lipinski definition) is 2. The number of hydrogen-bond donors (Lipinski definition) is 0. The molecule has 0 spiro atoms. The van der Waals surface area contributed by atoms with E-state index in [0.29, 0.717) is 18.8 Å². The largest absolute Gasteiger partial charge is 0.487 e. The summed E-state index contributed by atoms with van der Waals surface area (Å²) < 4.78 is 18.4. The third kappa shape index (κ3) is 2.62. The summed E-state index contributed by atoms with van der Waals surface area (Å²) in [7, 11) is 0. The number of nitrogens with zero attached hydrogens (tertiary/aromatic N) is 1. The van der Waals surface area contributed by atoms with Crippen molar-refractivity contribution in [1.82, 2.24) is 4.90 Å². The molecule has 1 amide bonds. The van der Waals surface area contributed by atoms with E-state index in [1.165, 1.54) is 12.1 Å². The van der Waals surface area contributed by atoms with Crippen LogP contribution in [0.2, 0.25) is 0 Å². The Morgan fingerprint density at radius 1 is 1.16 bits per heavy atom. The van der Waals surface area contributed by atoms with Crippen LogP contribution in [0.4, 0.5) is 4.39 Å². The molecule has 2 aliphatic rings. The van der Waals surface area contributed by atoms with E-state index in [0.717, 1.165) is 12.8 Å². The number of carbonyl (C=O) groups is 1. The first-order valence-electron chi connectivity index (χ1n) is 6.58. The number of carbonyl (C=O) groups excluding carboxylic acids is 1. The number of likely N-dealkylation sites (tertiary alicyclic amines) is 1. The fourth-order valence-corrected chi connectivity index (χ4v) is 2.48. The molecule has 19 heavy (non-hydrogen) atoms. The summed E-state index contributed by atoms with van der Waals surface area (Å²) in [6.45, 7) is 1.26. The standard InChI is InChI=1S/C15H16FNO2/c16-12-5-7-13(8-6-12)19-14-9-17(10-14)15(18)11-3-1-2-4-11/h1-2,5-8,11,14H,3-4,9-10H2. The lowest BCUT2D eigenvalue weighted by Gasteiger charge is -2.40. The second-order valence-corrected chi connectivity index (χ2v) is 5.08. The molecule has 0 aromatic heterocycles. The van der Waals surface area contributed by atoms with E-state index in [2.05, 4.69) is 12.2 Å². The summed E-state index contributed by atoms with van der Waals surface area (Å²) >= 11 is 0. The van der Waals surface area contributed by atoms with Gasteiger partial charge in [0.1, 0.15) is 17.7 Å². The quantitative estimate of drug-likeness (QED) is 0.782. The zero-order valence-corrected chi connectivity index (χ0v) is 10.6. The monoisotopic (exact) mass is 261 g/mol. The van der Waals surface area contributed by atoms with Gasteiger partial charge in [-0.25, -0.2) is 4.39 Å². The van der Waals surface area contributed by atoms with Crippen molar-refractivity contribution >= 4 is 5.91 Å². The Kier molecular flexibility index (Phi) is 3.23. The minimum Gasteiger partial charge on any atom is -0.487 e. The maximum Gasteiger partial charge on any atom is 0.226 e. The molecule has 0 bridgehead atoms. The molecular formula is C15H16FNO2. The van der Waals surface area contributed by atoms with Crippen LogP contribution in [0.15, 0.2) is 36.4 Å². The summed E-state index contributed by atoms with van der Waals surface area (Å²) in [4.78, 5) is 13.9. The Morgan fingerprint density at radius 3 is 2.42 bits per heavy atom. The lowest BCUT2D eigenvalue weighted by Crippen LogP contribution is -2.57. The minimum absolute atomic E-state index is 0.0313. The summed E-state index contributed by atoms with van der Waals surface area (Å²) in [5.41, 5.74) is 0. The van der Waals surface area contributed by atoms with E-state index < -0.39 is 0 Å². The molecule has 0 unspecified atom stereocenters.